The molecular formula is C23H26N4O3S3. The smallest absolute Gasteiger partial charge is 0.341 e. The average Bonchev–Trinajstić information content (AvgIpc) is 3.35. The highest BCUT2D eigenvalue weighted by atomic mass is 32.2. The van der Waals surface area contributed by atoms with Gasteiger partial charge in [0.15, 0.2) is 5.16 Å². The topological polar surface area (TPSA) is 107 Å². The van der Waals surface area contributed by atoms with Gasteiger partial charge in [-0.3, -0.25) is 4.79 Å². The van der Waals surface area contributed by atoms with Gasteiger partial charge in [0, 0.05) is 9.75 Å². The van der Waals surface area contributed by atoms with Crippen LogP contribution < -0.4 is 11.1 Å². The lowest BCUT2D eigenvalue weighted by atomic mass is 9.95. The van der Waals surface area contributed by atoms with Crippen molar-refractivity contribution in [2.75, 3.05) is 23.4 Å². The molecular weight excluding hydrogens is 476 g/mol. The quantitative estimate of drug-likeness (QED) is 0.277. The number of carbonyl (C=O) groups is 2. The number of fused-ring (bicyclic) bond motifs is 4. The number of aromatic nitrogens is 2. The van der Waals surface area contributed by atoms with Gasteiger partial charge in [-0.25, -0.2) is 14.8 Å². The predicted molar refractivity (Wildman–Crippen MR) is 135 cm³/mol. The number of nitrogens with one attached hydrogen (secondary N) is 1. The van der Waals surface area contributed by atoms with Gasteiger partial charge in [-0.2, -0.15) is 0 Å². The second-order valence-electron chi connectivity index (χ2n) is 8.25. The lowest BCUT2D eigenvalue weighted by molar-refractivity contribution is -0.113. The zero-order valence-electron chi connectivity index (χ0n) is 18.5. The molecule has 0 atom stereocenters. The monoisotopic (exact) mass is 502 g/mol. The van der Waals surface area contributed by atoms with E-state index in [-0.39, 0.29) is 17.6 Å². The number of carbonyl (C=O) groups excluding carboxylic acids is 2. The Hall–Kier alpha value is -2.17. The lowest BCUT2D eigenvalue weighted by Crippen LogP contribution is -2.17. The van der Waals surface area contributed by atoms with Crippen molar-refractivity contribution < 1.29 is 14.3 Å². The average molecular weight is 503 g/mol. The molecule has 3 aromatic rings. The Bertz CT molecular complexity index is 1230. The molecule has 0 aliphatic heterocycles. The normalized spacial score (nSPS) is 15.2. The van der Waals surface area contributed by atoms with Crippen LogP contribution in [0.2, 0.25) is 0 Å². The van der Waals surface area contributed by atoms with E-state index in [1.807, 2.05) is 0 Å². The molecule has 3 aromatic heterocycles. The zero-order chi connectivity index (χ0) is 22.9. The van der Waals surface area contributed by atoms with E-state index in [2.05, 4.69) is 15.3 Å². The highest BCUT2D eigenvalue weighted by molar-refractivity contribution is 7.99. The summed E-state index contributed by atoms with van der Waals surface area (Å²) in [6, 6.07) is 0. The van der Waals surface area contributed by atoms with Gasteiger partial charge in [0.05, 0.1) is 23.3 Å². The Morgan fingerprint density at radius 3 is 2.48 bits per heavy atom. The molecule has 3 N–H and O–H groups in total. The van der Waals surface area contributed by atoms with Crippen LogP contribution in [0.25, 0.3) is 10.2 Å². The molecule has 0 spiro atoms. The maximum atomic E-state index is 12.8. The number of aryl methyl sites for hydroxylation is 3. The number of nitrogen functional groups attached to an aromatic ring is 1. The molecule has 3 heterocycles. The van der Waals surface area contributed by atoms with E-state index in [4.69, 9.17) is 10.5 Å². The molecule has 0 bridgehead atoms. The summed E-state index contributed by atoms with van der Waals surface area (Å²) in [5.74, 6) is 0.0822. The number of hydrogen-bond acceptors (Lipinski definition) is 9. The van der Waals surface area contributed by atoms with E-state index in [9.17, 15) is 9.59 Å². The number of anilines is 2. The summed E-state index contributed by atoms with van der Waals surface area (Å²) in [5.41, 5.74) is 9.16. The van der Waals surface area contributed by atoms with Crippen molar-refractivity contribution in [3.63, 3.8) is 0 Å². The van der Waals surface area contributed by atoms with Crippen LogP contribution in [-0.4, -0.2) is 34.2 Å². The largest absolute Gasteiger partial charge is 0.462 e. The van der Waals surface area contributed by atoms with Gasteiger partial charge in [-0.15, -0.1) is 22.7 Å². The fraction of sp³-hybridized carbons (Fsp3) is 0.478. The summed E-state index contributed by atoms with van der Waals surface area (Å²) in [7, 11) is 0. The van der Waals surface area contributed by atoms with Crippen molar-refractivity contribution in [1.82, 2.24) is 9.97 Å². The molecule has 7 nitrogen and oxygen atoms in total. The van der Waals surface area contributed by atoms with Crippen LogP contribution in [-0.2, 0) is 35.2 Å². The first kappa shape index (κ1) is 22.6. The SMILES string of the molecule is CCOC(=O)c1c(NC(=O)CSc2nc(N)c3c4c(sc3n2)CCCC4)sc2c1CCCC2. The Balaban J connectivity index is 1.32. The number of esters is 1. The number of nitrogens with zero attached hydrogens (tertiary/aromatic N) is 2. The number of hydrogen-bond donors (Lipinski definition) is 2. The molecule has 1 amide bonds. The number of rotatable bonds is 6. The van der Waals surface area contributed by atoms with E-state index in [0.29, 0.717) is 28.1 Å². The molecule has 10 heteroatoms. The molecule has 0 radical (unpaired) electrons. The summed E-state index contributed by atoms with van der Waals surface area (Å²) in [6.45, 7) is 2.10. The highest BCUT2D eigenvalue weighted by Crippen LogP contribution is 2.40. The number of thiophene rings is 2. The minimum absolute atomic E-state index is 0.140. The maximum Gasteiger partial charge on any atom is 0.341 e. The summed E-state index contributed by atoms with van der Waals surface area (Å²) < 4.78 is 5.27. The molecule has 174 valence electrons. The Kier molecular flexibility index (Phi) is 6.58. The first-order chi connectivity index (χ1) is 16.0. The number of ether oxygens (including phenoxy) is 1. The molecule has 5 rings (SSSR count). The minimum Gasteiger partial charge on any atom is -0.462 e. The maximum absolute atomic E-state index is 12.8. The van der Waals surface area contributed by atoms with E-state index in [0.717, 1.165) is 54.3 Å². The minimum atomic E-state index is -0.358. The van der Waals surface area contributed by atoms with Gasteiger partial charge in [-0.05, 0) is 69.4 Å². The molecule has 2 aliphatic rings. The zero-order valence-corrected chi connectivity index (χ0v) is 20.9. The summed E-state index contributed by atoms with van der Waals surface area (Å²) in [6.07, 6.45) is 8.43. The Labute approximate surface area is 204 Å². The van der Waals surface area contributed by atoms with Gasteiger partial charge in [-0.1, -0.05) is 11.8 Å². The molecule has 0 saturated carbocycles. The second kappa shape index (κ2) is 9.60. The number of thioether (sulfide) groups is 1. The van der Waals surface area contributed by atoms with Gasteiger partial charge < -0.3 is 15.8 Å². The van der Waals surface area contributed by atoms with Crippen LogP contribution in [0.4, 0.5) is 10.8 Å². The molecule has 2 aliphatic carbocycles. The Morgan fingerprint density at radius 2 is 1.73 bits per heavy atom. The highest BCUT2D eigenvalue weighted by Gasteiger charge is 2.27. The lowest BCUT2D eigenvalue weighted by Gasteiger charge is -2.12. The second-order valence-corrected chi connectivity index (χ2v) is 11.4. The summed E-state index contributed by atoms with van der Waals surface area (Å²) in [4.78, 5) is 38.0. The van der Waals surface area contributed by atoms with Crippen molar-refractivity contribution in [2.24, 2.45) is 0 Å². The van der Waals surface area contributed by atoms with E-state index >= 15 is 0 Å². The third kappa shape index (κ3) is 4.48. The third-order valence-corrected chi connectivity index (χ3v) is 9.30. The molecule has 0 unspecified atom stereocenters. The first-order valence-electron chi connectivity index (χ1n) is 11.4. The van der Waals surface area contributed by atoms with Crippen LogP contribution in [0.1, 0.15) is 63.8 Å². The summed E-state index contributed by atoms with van der Waals surface area (Å²) >= 11 is 4.45. The number of amides is 1. The van der Waals surface area contributed by atoms with Gasteiger partial charge in [0.25, 0.3) is 0 Å². The van der Waals surface area contributed by atoms with Crippen molar-refractivity contribution >= 4 is 67.3 Å². The van der Waals surface area contributed by atoms with E-state index < -0.39 is 0 Å². The van der Waals surface area contributed by atoms with E-state index in [1.165, 1.54) is 51.3 Å². The van der Waals surface area contributed by atoms with Gasteiger partial charge in [0.2, 0.25) is 5.91 Å². The number of nitrogens with two attached hydrogens (primary N) is 1. The Morgan fingerprint density at radius 1 is 1.03 bits per heavy atom. The van der Waals surface area contributed by atoms with E-state index in [1.54, 1.807) is 18.3 Å². The fourth-order valence-electron chi connectivity index (χ4n) is 4.60. The van der Waals surface area contributed by atoms with Crippen molar-refractivity contribution in [2.45, 2.75) is 63.4 Å². The molecule has 0 aromatic carbocycles. The fourth-order valence-corrected chi connectivity index (χ4v) is 7.87. The van der Waals surface area contributed by atoms with Crippen molar-refractivity contribution in [1.29, 1.82) is 0 Å². The third-order valence-electron chi connectivity index (χ3n) is 6.06. The van der Waals surface area contributed by atoms with Crippen LogP contribution in [0.5, 0.6) is 0 Å². The van der Waals surface area contributed by atoms with Crippen LogP contribution in [0.15, 0.2) is 5.16 Å². The molecule has 0 fully saturated rings. The van der Waals surface area contributed by atoms with Gasteiger partial charge >= 0.3 is 5.97 Å². The van der Waals surface area contributed by atoms with Crippen molar-refractivity contribution in [3.8, 4) is 0 Å². The molecule has 0 saturated heterocycles. The van der Waals surface area contributed by atoms with Crippen LogP contribution >= 0.6 is 34.4 Å². The van der Waals surface area contributed by atoms with Gasteiger partial charge in [0.1, 0.15) is 15.6 Å². The predicted octanol–water partition coefficient (Wildman–Crippen LogP) is 5.00. The first-order valence-corrected chi connectivity index (χ1v) is 14.0. The van der Waals surface area contributed by atoms with Crippen molar-refractivity contribution in [3.05, 3.63) is 26.4 Å². The summed E-state index contributed by atoms with van der Waals surface area (Å²) in [5, 5.41) is 5.03. The van der Waals surface area contributed by atoms with Crippen LogP contribution in [0.3, 0.4) is 0 Å². The standard InChI is InChI=1S/C23H26N4O3S3/c1-2-30-22(29)18-13-8-4-6-10-15(13)33-21(18)25-16(28)11-31-23-26-19(24)17-12-7-3-5-9-14(12)32-20(17)27-23/h2-11H2,1H3,(H,25,28)(H2,24,26,27). The van der Waals surface area contributed by atoms with Crippen LogP contribution in [0, 0.1) is 0 Å². The molecule has 33 heavy (non-hydrogen) atoms.